The van der Waals surface area contributed by atoms with Crippen LogP contribution in [0.5, 0.6) is 0 Å². The number of halogens is 1. The Morgan fingerprint density at radius 3 is 2.27 bits per heavy atom. The largest absolute Gasteiger partial charge is 0.486 e. The average molecular weight is 230 g/mol. The maximum atomic E-state index is 10.5. The molecule has 15 heavy (non-hydrogen) atoms. The van der Waals surface area contributed by atoms with Gasteiger partial charge in [-0.1, -0.05) is 11.6 Å². The number of hydrogen-bond acceptors (Lipinski definition) is 5. The van der Waals surface area contributed by atoms with Crippen LogP contribution in [0.25, 0.3) is 4.98 Å². The van der Waals surface area contributed by atoms with Crippen molar-refractivity contribution < 1.29 is 9.85 Å². The van der Waals surface area contributed by atoms with Gasteiger partial charge in [-0.05, 0) is 6.07 Å². The van der Waals surface area contributed by atoms with E-state index in [1.165, 1.54) is 0 Å². The quantitative estimate of drug-likeness (QED) is 0.439. The lowest BCUT2D eigenvalue weighted by atomic mass is 10.2. The molecule has 0 aliphatic carbocycles. The summed E-state index contributed by atoms with van der Waals surface area (Å²) in [4.78, 5) is 21.5. The third-order valence-corrected chi connectivity index (χ3v) is 1.86. The molecule has 0 spiro atoms. The Morgan fingerprint density at radius 2 is 1.87 bits per heavy atom. The normalized spacial score (nSPS) is 9.33. The summed E-state index contributed by atoms with van der Waals surface area (Å²) in [7, 11) is 0. The molecule has 0 radical (unpaired) electrons. The SMILES string of the molecule is N#[N+]c1c(Cl)ccc([N+](=O)[O-])c1[N+](=O)[O-]. The van der Waals surface area contributed by atoms with E-state index in [0.717, 1.165) is 12.1 Å². The minimum atomic E-state index is -1.03. The Labute approximate surface area is 87.0 Å². The van der Waals surface area contributed by atoms with Crippen molar-refractivity contribution in [3.63, 3.8) is 0 Å². The molecule has 1 aromatic carbocycles. The molecule has 0 amide bonds. The molecule has 0 N–H and O–H groups in total. The molecule has 0 aliphatic rings. The lowest BCUT2D eigenvalue weighted by Crippen LogP contribution is -1.96. The van der Waals surface area contributed by atoms with Gasteiger partial charge in [0.05, 0.1) is 9.85 Å². The lowest BCUT2D eigenvalue weighted by Gasteiger charge is -1.92. The second-order valence-corrected chi connectivity index (χ2v) is 2.79. The van der Waals surface area contributed by atoms with Crippen LogP contribution in [0.4, 0.5) is 17.1 Å². The molecule has 0 fully saturated rings. The van der Waals surface area contributed by atoms with E-state index in [0.29, 0.717) is 0 Å². The first-order chi connectivity index (χ1) is 6.99. The van der Waals surface area contributed by atoms with E-state index in [9.17, 15) is 20.2 Å². The molecule has 0 saturated carbocycles. The number of nitro groups is 2. The maximum Gasteiger partial charge on any atom is 0.486 e. The van der Waals surface area contributed by atoms with Gasteiger partial charge in [0.15, 0.2) is 4.98 Å². The molecule has 0 atom stereocenters. The van der Waals surface area contributed by atoms with Crippen molar-refractivity contribution in [1.29, 1.82) is 5.39 Å². The Bertz CT molecular complexity index is 495. The van der Waals surface area contributed by atoms with E-state index in [-0.39, 0.29) is 5.02 Å². The Morgan fingerprint density at radius 1 is 1.27 bits per heavy atom. The second kappa shape index (κ2) is 3.85. The van der Waals surface area contributed by atoms with Gasteiger partial charge in [-0.2, -0.15) is 0 Å². The molecule has 0 bridgehead atoms. The molecule has 8 nitrogen and oxygen atoms in total. The van der Waals surface area contributed by atoms with Gasteiger partial charge in [0.2, 0.25) is 5.39 Å². The third-order valence-electron chi connectivity index (χ3n) is 1.56. The highest BCUT2D eigenvalue weighted by molar-refractivity contribution is 6.34. The number of rotatable bonds is 2. The molecule has 0 heterocycles. The molecular formula is C6H2ClN4O4+. The van der Waals surface area contributed by atoms with Crippen molar-refractivity contribution in [1.82, 2.24) is 0 Å². The van der Waals surface area contributed by atoms with Gasteiger partial charge in [0.1, 0.15) is 5.02 Å². The van der Waals surface area contributed by atoms with Gasteiger partial charge in [0.25, 0.3) is 0 Å². The first-order valence-electron chi connectivity index (χ1n) is 3.45. The van der Waals surface area contributed by atoms with Gasteiger partial charge < -0.3 is 0 Å². The summed E-state index contributed by atoms with van der Waals surface area (Å²) in [5.74, 6) is 0. The van der Waals surface area contributed by atoms with Crippen LogP contribution in [-0.2, 0) is 0 Å². The fourth-order valence-corrected chi connectivity index (χ4v) is 1.16. The number of benzene rings is 1. The van der Waals surface area contributed by atoms with Gasteiger partial charge in [0, 0.05) is 6.07 Å². The van der Waals surface area contributed by atoms with Crippen LogP contribution in [-0.4, -0.2) is 9.85 Å². The first-order valence-corrected chi connectivity index (χ1v) is 3.83. The Kier molecular flexibility index (Phi) is 2.77. The van der Waals surface area contributed by atoms with Crippen LogP contribution in [0.3, 0.4) is 0 Å². The van der Waals surface area contributed by atoms with Gasteiger partial charge >= 0.3 is 17.1 Å². The van der Waals surface area contributed by atoms with E-state index in [2.05, 4.69) is 4.98 Å². The zero-order valence-electron chi connectivity index (χ0n) is 6.95. The van der Waals surface area contributed by atoms with Crippen LogP contribution in [0.2, 0.25) is 5.02 Å². The van der Waals surface area contributed by atoms with Crippen LogP contribution in [0, 0.1) is 25.6 Å². The second-order valence-electron chi connectivity index (χ2n) is 2.38. The minimum Gasteiger partial charge on any atom is -0.258 e. The highest BCUT2D eigenvalue weighted by atomic mass is 35.5. The molecular weight excluding hydrogens is 228 g/mol. The summed E-state index contributed by atoms with van der Waals surface area (Å²) >= 11 is 5.47. The van der Waals surface area contributed by atoms with Crippen molar-refractivity contribution in [2.24, 2.45) is 0 Å². The molecule has 76 valence electrons. The van der Waals surface area contributed by atoms with Crippen LogP contribution < -0.4 is 0 Å². The molecule has 1 rings (SSSR count). The predicted molar refractivity (Wildman–Crippen MR) is 49.5 cm³/mol. The van der Waals surface area contributed by atoms with Crippen LogP contribution in [0.15, 0.2) is 12.1 Å². The zero-order chi connectivity index (χ0) is 11.6. The third kappa shape index (κ3) is 1.82. The standard InChI is InChI=1S/C6H2ClN4O4/c7-3-1-2-4(10(12)13)6(11(14)15)5(3)9-8/h1-2H/q+1. The van der Waals surface area contributed by atoms with Crippen LogP contribution >= 0.6 is 11.6 Å². The summed E-state index contributed by atoms with van der Waals surface area (Å²) in [6, 6.07) is 1.91. The monoisotopic (exact) mass is 229 g/mol. The summed E-state index contributed by atoms with van der Waals surface area (Å²) in [5, 5.41) is 29.2. The number of nitrogens with zero attached hydrogens (tertiary/aromatic N) is 4. The highest BCUT2D eigenvalue weighted by Crippen LogP contribution is 2.41. The van der Waals surface area contributed by atoms with Crippen molar-refractivity contribution in [3.05, 3.63) is 42.4 Å². The summed E-state index contributed by atoms with van der Waals surface area (Å²) < 4.78 is 0. The van der Waals surface area contributed by atoms with Gasteiger partial charge in [-0.25, -0.2) is 0 Å². The molecule has 0 aliphatic heterocycles. The average Bonchev–Trinajstić information content (AvgIpc) is 2.16. The highest BCUT2D eigenvalue weighted by Gasteiger charge is 2.39. The van der Waals surface area contributed by atoms with Crippen molar-refractivity contribution in [2.45, 2.75) is 0 Å². The number of diazo groups is 1. The molecule has 0 unspecified atom stereocenters. The van der Waals surface area contributed by atoms with Gasteiger partial charge in [-0.3, -0.25) is 20.2 Å². The fraction of sp³-hybridized carbons (Fsp3) is 0. The van der Waals surface area contributed by atoms with E-state index in [4.69, 9.17) is 17.0 Å². The minimum absolute atomic E-state index is 0.241. The van der Waals surface area contributed by atoms with E-state index < -0.39 is 26.9 Å². The molecule has 9 heteroatoms. The van der Waals surface area contributed by atoms with Gasteiger partial charge in [-0.15, -0.1) is 0 Å². The molecule has 0 saturated heterocycles. The number of hydrogen-bond donors (Lipinski definition) is 0. The maximum absolute atomic E-state index is 10.5. The van der Waals surface area contributed by atoms with Crippen molar-refractivity contribution in [2.75, 3.05) is 0 Å². The first kappa shape index (κ1) is 10.8. The van der Waals surface area contributed by atoms with Crippen molar-refractivity contribution in [3.8, 4) is 0 Å². The van der Waals surface area contributed by atoms with Crippen LogP contribution in [0.1, 0.15) is 0 Å². The molecule has 0 aromatic heterocycles. The molecule has 1 aromatic rings. The Hall–Kier alpha value is -2.27. The Balaban J connectivity index is 3.66. The smallest absolute Gasteiger partial charge is 0.258 e. The van der Waals surface area contributed by atoms with E-state index in [1.54, 1.807) is 0 Å². The van der Waals surface area contributed by atoms with Crippen molar-refractivity contribution >= 4 is 28.7 Å². The van der Waals surface area contributed by atoms with E-state index in [1.807, 2.05) is 0 Å². The van der Waals surface area contributed by atoms with E-state index >= 15 is 0 Å². The lowest BCUT2D eigenvalue weighted by molar-refractivity contribution is -0.421. The number of nitro benzene ring substituents is 2. The summed E-state index contributed by atoms with van der Waals surface area (Å²) in [6.07, 6.45) is 0. The predicted octanol–water partition coefficient (Wildman–Crippen LogP) is 2.64. The zero-order valence-corrected chi connectivity index (χ0v) is 7.71. The summed E-state index contributed by atoms with van der Waals surface area (Å²) in [6.45, 7) is 0. The summed E-state index contributed by atoms with van der Waals surface area (Å²) in [5.41, 5.74) is -2.34. The topological polar surface area (TPSA) is 114 Å². The fourth-order valence-electron chi connectivity index (χ4n) is 0.967.